The van der Waals surface area contributed by atoms with E-state index in [1.165, 1.54) is 0 Å². The number of aliphatic hydroxyl groups is 1. The maximum atomic E-state index is 13.7. The van der Waals surface area contributed by atoms with Gasteiger partial charge in [-0.05, 0) is 24.6 Å². The van der Waals surface area contributed by atoms with Crippen molar-refractivity contribution in [2.45, 2.75) is 25.9 Å². The topological polar surface area (TPSA) is 40.5 Å². The summed E-state index contributed by atoms with van der Waals surface area (Å²) in [5, 5.41) is 8.92. The molecular formula is C14H17F4NO2. The number of nitrogens with zero attached hydrogens (tertiary/aromatic N) is 1. The summed E-state index contributed by atoms with van der Waals surface area (Å²) in [5.74, 6) is -1.85. The van der Waals surface area contributed by atoms with E-state index in [1.54, 1.807) is 0 Å². The summed E-state index contributed by atoms with van der Waals surface area (Å²) in [6, 6.07) is 1.73. The summed E-state index contributed by atoms with van der Waals surface area (Å²) in [4.78, 5) is 13.3. The highest BCUT2D eigenvalue weighted by Crippen LogP contribution is 2.30. The quantitative estimate of drug-likeness (QED) is 0.821. The fourth-order valence-corrected chi connectivity index (χ4v) is 1.82. The van der Waals surface area contributed by atoms with Gasteiger partial charge in [0.05, 0.1) is 17.7 Å². The molecule has 0 atom stereocenters. The minimum atomic E-state index is -4.64. The summed E-state index contributed by atoms with van der Waals surface area (Å²) in [6.07, 6.45) is -3.26. The van der Waals surface area contributed by atoms with Crippen molar-refractivity contribution in [3.8, 4) is 0 Å². The lowest BCUT2D eigenvalue weighted by molar-refractivity contribution is -0.137. The van der Waals surface area contributed by atoms with Crippen molar-refractivity contribution < 1.29 is 27.5 Å². The number of amides is 1. The van der Waals surface area contributed by atoms with Gasteiger partial charge in [0.2, 0.25) is 0 Å². The van der Waals surface area contributed by atoms with Gasteiger partial charge >= 0.3 is 6.18 Å². The molecule has 3 nitrogen and oxygen atoms in total. The lowest BCUT2D eigenvalue weighted by atomic mass is 10.1. The van der Waals surface area contributed by atoms with Crippen LogP contribution in [0.4, 0.5) is 17.6 Å². The van der Waals surface area contributed by atoms with Crippen molar-refractivity contribution in [1.82, 2.24) is 4.90 Å². The third-order valence-electron chi connectivity index (χ3n) is 2.96. The van der Waals surface area contributed by atoms with E-state index in [0.29, 0.717) is 24.6 Å². The van der Waals surface area contributed by atoms with Crippen LogP contribution >= 0.6 is 0 Å². The second-order valence-corrected chi connectivity index (χ2v) is 4.56. The average Bonchev–Trinajstić information content (AvgIpc) is 2.42. The van der Waals surface area contributed by atoms with Gasteiger partial charge in [0.15, 0.2) is 0 Å². The summed E-state index contributed by atoms with van der Waals surface area (Å²) >= 11 is 0. The maximum Gasteiger partial charge on any atom is 0.416 e. The van der Waals surface area contributed by atoms with Gasteiger partial charge in [-0.25, -0.2) is 4.39 Å². The Kier molecular flexibility index (Phi) is 6.14. The van der Waals surface area contributed by atoms with Crippen LogP contribution < -0.4 is 0 Å². The molecule has 0 aromatic heterocycles. The molecule has 1 amide bonds. The molecule has 1 aromatic carbocycles. The van der Waals surface area contributed by atoms with Crippen LogP contribution in [0, 0.1) is 5.82 Å². The van der Waals surface area contributed by atoms with Crippen LogP contribution in [0.5, 0.6) is 0 Å². The number of benzene rings is 1. The van der Waals surface area contributed by atoms with Gasteiger partial charge in [0.1, 0.15) is 5.82 Å². The molecule has 1 rings (SSSR count). The highest BCUT2D eigenvalue weighted by atomic mass is 19.4. The predicted octanol–water partition coefficient (Wildman–Crippen LogP) is 3.08. The highest BCUT2D eigenvalue weighted by molar-refractivity contribution is 5.94. The Morgan fingerprint density at radius 1 is 1.29 bits per heavy atom. The van der Waals surface area contributed by atoms with E-state index in [1.807, 2.05) is 6.92 Å². The van der Waals surface area contributed by atoms with Crippen LogP contribution in [0.2, 0.25) is 0 Å². The smallest absolute Gasteiger partial charge is 0.395 e. The predicted molar refractivity (Wildman–Crippen MR) is 69.3 cm³/mol. The van der Waals surface area contributed by atoms with Crippen molar-refractivity contribution in [2.75, 3.05) is 19.7 Å². The third kappa shape index (κ3) is 4.70. The zero-order valence-electron chi connectivity index (χ0n) is 11.6. The SMILES string of the molecule is CCCCN(CCO)C(=O)c1cc(C(F)(F)F)ccc1F. The number of hydrogen-bond acceptors (Lipinski definition) is 2. The first kappa shape index (κ1) is 17.4. The van der Waals surface area contributed by atoms with Gasteiger partial charge in [0.25, 0.3) is 5.91 Å². The number of carbonyl (C=O) groups is 1. The Morgan fingerprint density at radius 2 is 1.95 bits per heavy atom. The van der Waals surface area contributed by atoms with Crippen molar-refractivity contribution in [3.05, 3.63) is 35.1 Å². The van der Waals surface area contributed by atoms with Crippen LogP contribution in [0.3, 0.4) is 0 Å². The Bertz CT molecular complexity index is 488. The molecule has 0 unspecified atom stereocenters. The van der Waals surface area contributed by atoms with Crippen molar-refractivity contribution >= 4 is 5.91 Å². The largest absolute Gasteiger partial charge is 0.416 e. The molecule has 0 aliphatic rings. The number of rotatable bonds is 6. The van der Waals surface area contributed by atoms with Crippen LogP contribution in [0.1, 0.15) is 35.7 Å². The molecule has 0 bridgehead atoms. The second kappa shape index (κ2) is 7.40. The molecule has 0 spiro atoms. The van der Waals surface area contributed by atoms with E-state index < -0.39 is 29.0 Å². The van der Waals surface area contributed by atoms with Gasteiger partial charge in [-0.1, -0.05) is 13.3 Å². The Balaban J connectivity index is 3.08. The maximum absolute atomic E-state index is 13.7. The molecular weight excluding hydrogens is 290 g/mol. The minimum absolute atomic E-state index is 0.0471. The van der Waals surface area contributed by atoms with E-state index in [2.05, 4.69) is 0 Å². The molecule has 0 heterocycles. The molecule has 21 heavy (non-hydrogen) atoms. The third-order valence-corrected chi connectivity index (χ3v) is 2.96. The number of aliphatic hydroxyl groups excluding tert-OH is 1. The average molecular weight is 307 g/mol. The number of hydrogen-bond donors (Lipinski definition) is 1. The van der Waals surface area contributed by atoms with Gasteiger partial charge in [0, 0.05) is 13.1 Å². The standard InChI is InChI=1S/C14H17F4NO2/c1-2-3-6-19(7-8-20)13(21)11-9-10(14(16,17)18)4-5-12(11)15/h4-5,9,20H,2-3,6-8H2,1H3. The number of unbranched alkanes of at least 4 members (excludes halogenated alkanes) is 1. The van der Waals surface area contributed by atoms with E-state index in [-0.39, 0.29) is 19.7 Å². The monoisotopic (exact) mass is 307 g/mol. The minimum Gasteiger partial charge on any atom is -0.395 e. The molecule has 118 valence electrons. The Labute approximate surface area is 120 Å². The summed E-state index contributed by atoms with van der Waals surface area (Å²) in [5.41, 5.74) is -1.71. The Morgan fingerprint density at radius 3 is 2.48 bits per heavy atom. The van der Waals surface area contributed by atoms with Crippen molar-refractivity contribution in [2.24, 2.45) is 0 Å². The molecule has 0 fully saturated rings. The molecule has 0 aliphatic heterocycles. The summed E-state index contributed by atoms with van der Waals surface area (Å²) in [7, 11) is 0. The lowest BCUT2D eigenvalue weighted by Crippen LogP contribution is -2.35. The van der Waals surface area contributed by atoms with Crippen molar-refractivity contribution in [1.29, 1.82) is 0 Å². The van der Waals surface area contributed by atoms with Gasteiger partial charge in [-0.15, -0.1) is 0 Å². The summed E-state index contributed by atoms with van der Waals surface area (Å²) < 4.78 is 51.5. The van der Waals surface area contributed by atoms with E-state index in [9.17, 15) is 22.4 Å². The second-order valence-electron chi connectivity index (χ2n) is 4.56. The van der Waals surface area contributed by atoms with Crippen LogP contribution in [0.25, 0.3) is 0 Å². The first-order valence-electron chi connectivity index (χ1n) is 6.58. The zero-order chi connectivity index (χ0) is 16.0. The van der Waals surface area contributed by atoms with Crippen molar-refractivity contribution in [3.63, 3.8) is 0 Å². The fraction of sp³-hybridized carbons (Fsp3) is 0.500. The number of alkyl halides is 3. The van der Waals surface area contributed by atoms with Crippen LogP contribution in [-0.2, 0) is 6.18 Å². The van der Waals surface area contributed by atoms with Gasteiger partial charge in [-0.3, -0.25) is 4.79 Å². The molecule has 0 aliphatic carbocycles. The first-order valence-corrected chi connectivity index (χ1v) is 6.58. The van der Waals surface area contributed by atoms with Crippen LogP contribution in [-0.4, -0.2) is 35.6 Å². The highest BCUT2D eigenvalue weighted by Gasteiger charge is 2.32. The fourth-order valence-electron chi connectivity index (χ4n) is 1.82. The summed E-state index contributed by atoms with van der Waals surface area (Å²) in [6.45, 7) is 1.75. The molecule has 0 saturated carbocycles. The Hall–Kier alpha value is -1.63. The van der Waals surface area contributed by atoms with Gasteiger partial charge < -0.3 is 10.0 Å². The normalized spacial score (nSPS) is 11.5. The zero-order valence-corrected chi connectivity index (χ0v) is 11.6. The van der Waals surface area contributed by atoms with E-state index in [0.717, 1.165) is 11.3 Å². The molecule has 1 N–H and O–H groups in total. The number of carbonyl (C=O) groups excluding carboxylic acids is 1. The molecule has 0 saturated heterocycles. The molecule has 1 aromatic rings. The van der Waals surface area contributed by atoms with Crippen LogP contribution in [0.15, 0.2) is 18.2 Å². The lowest BCUT2D eigenvalue weighted by Gasteiger charge is -2.22. The van der Waals surface area contributed by atoms with Gasteiger partial charge in [-0.2, -0.15) is 13.2 Å². The molecule has 0 radical (unpaired) electrons. The number of halogens is 4. The first-order chi connectivity index (χ1) is 9.81. The van der Waals surface area contributed by atoms with E-state index >= 15 is 0 Å². The molecule has 7 heteroatoms. The van der Waals surface area contributed by atoms with E-state index in [4.69, 9.17) is 5.11 Å².